The molecule has 0 aliphatic rings. The molecule has 0 amide bonds. The number of unbranched alkanes of at least 4 members (excludes halogenated alkanes) is 16. The van der Waals surface area contributed by atoms with Crippen molar-refractivity contribution in [3.8, 4) is 0 Å². The van der Waals surface area contributed by atoms with E-state index in [2.05, 4.69) is 130 Å². The van der Waals surface area contributed by atoms with E-state index in [0.29, 0.717) is 19.3 Å². The summed E-state index contributed by atoms with van der Waals surface area (Å²) in [6, 6.07) is 0. The SMILES string of the molecule is CC/C=C\C/C=C\C/C=C\CCCCCCCCCCCC(=O)OCC(COC(=O)CCC/C=C\C/C=C\C/C=C\CC)OC(=O)CCCCCCCC/C=C\C/C=C\C/C=C\CC. The van der Waals surface area contributed by atoms with E-state index in [1.165, 1.54) is 57.8 Å². The number of carbonyl (C=O) groups excluding carboxylic acids is 3. The number of hydrogen-bond donors (Lipinski definition) is 0. The average molecular weight is 887 g/mol. The van der Waals surface area contributed by atoms with E-state index in [0.717, 1.165) is 116 Å². The van der Waals surface area contributed by atoms with Crippen LogP contribution in [0.25, 0.3) is 0 Å². The first kappa shape index (κ1) is 60.1. The molecule has 0 fully saturated rings. The summed E-state index contributed by atoms with van der Waals surface area (Å²) in [6.45, 7) is 6.22. The van der Waals surface area contributed by atoms with Crippen LogP contribution in [0.1, 0.15) is 220 Å². The van der Waals surface area contributed by atoms with Crippen LogP contribution >= 0.6 is 0 Å². The molecule has 0 bridgehead atoms. The zero-order valence-electron chi connectivity index (χ0n) is 41.3. The zero-order chi connectivity index (χ0) is 46.5. The van der Waals surface area contributed by atoms with Gasteiger partial charge in [0.1, 0.15) is 13.2 Å². The molecule has 0 saturated heterocycles. The third-order valence-electron chi connectivity index (χ3n) is 10.5. The molecule has 362 valence electrons. The topological polar surface area (TPSA) is 78.9 Å². The van der Waals surface area contributed by atoms with Crippen LogP contribution in [0.5, 0.6) is 0 Å². The molecule has 6 nitrogen and oxygen atoms in total. The molecule has 0 spiro atoms. The Hall–Kier alpha value is -3.93. The molecule has 0 aromatic rings. The molecule has 0 aliphatic heterocycles. The predicted octanol–water partition coefficient (Wildman–Crippen LogP) is 17.1. The van der Waals surface area contributed by atoms with Crippen LogP contribution in [-0.4, -0.2) is 37.2 Å². The molecule has 0 saturated carbocycles. The molecule has 0 aromatic carbocycles. The van der Waals surface area contributed by atoms with Crippen molar-refractivity contribution in [2.45, 2.75) is 226 Å². The minimum atomic E-state index is -0.808. The highest BCUT2D eigenvalue weighted by molar-refractivity contribution is 5.71. The van der Waals surface area contributed by atoms with Crippen LogP contribution in [0.2, 0.25) is 0 Å². The van der Waals surface area contributed by atoms with Crippen LogP contribution in [0.4, 0.5) is 0 Å². The van der Waals surface area contributed by atoms with Gasteiger partial charge >= 0.3 is 17.9 Å². The van der Waals surface area contributed by atoms with E-state index in [1.807, 2.05) is 0 Å². The molecule has 0 N–H and O–H groups in total. The zero-order valence-corrected chi connectivity index (χ0v) is 41.3. The second-order valence-electron chi connectivity index (χ2n) is 16.6. The van der Waals surface area contributed by atoms with Crippen LogP contribution in [0.3, 0.4) is 0 Å². The van der Waals surface area contributed by atoms with Gasteiger partial charge in [0.2, 0.25) is 0 Å². The first-order valence-corrected chi connectivity index (χ1v) is 25.9. The standard InChI is InChI=1S/C58H94O6/c1-4-7-10-13-16-19-22-24-26-28-29-30-32-33-36-39-42-45-48-51-57(60)63-54-55(53-62-56(59)50-47-44-41-38-35-21-18-15-12-9-6-3)64-58(61)52-49-46-43-40-37-34-31-27-25-23-20-17-14-11-8-5-2/h7-12,16-21,24-27,38,41,55H,4-6,13-15,22-23,28-37,39-40,42-54H2,1-3H3/b10-7-,11-8-,12-9-,19-16-,20-17-,21-18-,26-24-,27-25-,41-38-. The Kier molecular flexibility index (Phi) is 48.5. The van der Waals surface area contributed by atoms with E-state index < -0.39 is 6.10 Å². The van der Waals surface area contributed by atoms with Gasteiger partial charge < -0.3 is 14.2 Å². The summed E-state index contributed by atoms with van der Waals surface area (Å²) in [5.41, 5.74) is 0. The fraction of sp³-hybridized carbons (Fsp3) is 0.638. The van der Waals surface area contributed by atoms with Gasteiger partial charge in [-0.15, -0.1) is 0 Å². The molecule has 0 aromatic heterocycles. The second-order valence-corrected chi connectivity index (χ2v) is 16.6. The Morgan fingerprint density at radius 3 is 0.938 bits per heavy atom. The third kappa shape index (κ3) is 49.1. The third-order valence-corrected chi connectivity index (χ3v) is 10.5. The molecule has 1 atom stereocenters. The van der Waals surface area contributed by atoms with Gasteiger partial charge in [-0.25, -0.2) is 0 Å². The van der Waals surface area contributed by atoms with Gasteiger partial charge in [0, 0.05) is 19.3 Å². The summed E-state index contributed by atoms with van der Waals surface area (Å²) in [5, 5.41) is 0. The lowest BCUT2D eigenvalue weighted by molar-refractivity contribution is -0.167. The lowest BCUT2D eigenvalue weighted by Crippen LogP contribution is -2.30. The van der Waals surface area contributed by atoms with Crippen molar-refractivity contribution in [2.75, 3.05) is 13.2 Å². The van der Waals surface area contributed by atoms with Crippen molar-refractivity contribution < 1.29 is 28.6 Å². The number of esters is 3. The fourth-order valence-electron chi connectivity index (χ4n) is 6.73. The van der Waals surface area contributed by atoms with E-state index in [1.54, 1.807) is 0 Å². The monoisotopic (exact) mass is 887 g/mol. The number of ether oxygens (including phenoxy) is 3. The Morgan fingerprint density at radius 2 is 0.578 bits per heavy atom. The van der Waals surface area contributed by atoms with Gasteiger partial charge in [-0.1, -0.05) is 201 Å². The van der Waals surface area contributed by atoms with E-state index in [-0.39, 0.29) is 37.5 Å². The van der Waals surface area contributed by atoms with Crippen LogP contribution in [0.15, 0.2) is 109 Å². The molecule has 64 heavy (non-hydrogen) atoms. The maximum atomic E-state index is 12.8. The van der Waals surface area contributed by atoms with Crippen molar-refractivity contribution >= 4 is 17.9 Å². The number of allylic oxidation sites excluding steroid dienone is 18. The Balaban J connectivity index is 4.42. The largest absolute Gasteiger partial charge is 0.462 e. The van der Waals surface area contributed by atoms with Crippen molar-refractivity contribution in [3.63, 3.8) is 0 Å². The Bertz CT molecular complexity index is 1340. The lowest BCUT2D eigenvalue weighted by Gasteiger charge is -2.18. The number of hydrogen-bond acceptors (Lipinski definition) is 6. The van der Waals surface area contributed by atoms with Crippen LogP contribution in [-0.2, 0) is 28.6 Å². The maximum absolute atomic E-state index is 12.8. The molecule has 1 unspecified atom stereocenters. The van der Waals surface area contributed by atoms with Crippen molar-refractivity contribution in [1.82, 2.24) is 0 Å². The van der Waals surface area contributed by atoms with Gasteiger partial charge in [0.05, 0.1) is 0 Å². The number of carbonyl (C=O) groups is 3. The van der Waals surface area contributed by atoms with Crippen LogP contribution < -0.4 is 0 Å². The highest BCUT2D eigenvalue weighted by atomic mass is 16.6. The summed E-state index contributed by atoms with van der Waals surface area (Å²) >= 11 is 0. The molecule has 6 heteroatoms. The molecular formula is C58H94O6. The van der Waals surface area contributed by atoms with Crippen molar-refractivity contribution in [1.29, 1.82) is 0 Å². The predicted molar refractivity (Wildman–Crippen MR) is 274 cm³/mol. The van der Waals surface area contributed by atoms with Gasteiger partial charge in [-0.2, -0.15) is 0 Å². The Labute approximate surface area is 393 Å². The summed E-state index contributed by atoms with van der Waals surface area (Å²) in [5.74, 6) is -0.984. The smallest absolute Gasteiger partial charge is 0.306 e. The first-order valence-electron chi connectivity index (χ1n) is 25.9. The summed E-state index contributed by atoms with van der Waals surface area (Å²) in [7, 11) is 0. The van der Waals surface area contributed by atoms with E-state index in [9.17, 15) is 14.4 Å². The molecular weight excluding hydrogens is 793 g/mol. The van der Waals surface area contributed by atoms with Gasteiger partial charge in [0.25, 0.3) is 0 Å². The highest BCUT2D eigenvalue weighted by Gasteiger charge is 2.19. The van der Waals surface area contributed by atoms with Crippen LogP contribution in [0, 0.1) is 0 Å². The summed E-state index contributed by atoms with van der Waals surface area (Å²) in [4.78, 5) is 38.0. The van der Waals surface area contributed by atoms with E-state index in [4.69, 9.17) is 14.2 Å². The average Bonchev–Trinajstić information content (AvgIpc) is 3.29. The quantitative estimate of drug-likeness (QED) is 0.0262. The van der Waals surface area contributed by atoms with Crippen molar-refractivity contribution in [2.24, 2.45) is 0 Å². The first-order chi connectivity index (χ1) is 31.5. The Morgan fingerprint density at radius 1 is 0.312 bits per heavy atom. The minimum Gasteiger partial charge on any atom is -0.462 e. The van der Waals surface area contributed by atoms with Crippen molar-refractivity contribution in [3.05, 3.63) is 109 Å². The molecule has 0 aliphatic carbocycles. The number of rotatable bonds is 45. The van der Waals surface area contributed by atoms with Gasteiger partial charge in [-0.05, 0) is 109 Å². The minimum absolute atomic E-state index is 0.104. The fourth-order valence-corrected chi connectivity index (χ4v) is 6.73. The van der Waals surface area contributed by atoms with E-state index >= 15 is 0 Å². The summed E-state index contributed by atoms with van der Waals surface area (Å²) < 4.78 is 16.7. The molecule has 0 rings (SSSR count). The maximum Gasteiger partial charge on any atom is 0.306 e. The molecule has 0 heterocycles. The van der Waals surface area contributed by atoms with Gasteiger partial charge in [-0.3, -0.25) is 14.4 Å². The summed E-state index contributed by atoms with van der Waals surface area (Å²) in [6.07, 6.45) is 69.4. The normalized spacial score (nSPS) is 13.0. The van der Waals surface area contributed by atoms with Gasteiger partial charge in [0.15, 0.2) is 6.10 Å². The second kappa shape index (κ2) is 51.7. The molecule has 0 radical (unpaired) electrons. The highest BCUT2D eigenvalue weighted by Crippen LogP contribution is 2.14. The lowest BCUT2D eigenvalue weighted by atomic mass is 10.1.